The Hall–Kier alpha value is -3.51. The number of nitrogens with zero attached hydrogens (tertiary/aromatic N) is 5. The first-order valence-corrected chi connectivity index (χ1v) is 10.2. The number of rotatable bonds is 4. The predicted octanol–water partition coefficient (Wildman–Crippen LogP) is 3.38. The molecule has 6 heteroatoms. The Kier molecular flexibility index (Phi) is 4.99. The van der Waals surface area contributed by atoms with Crippen LogP contribution in [0.4, 0.5) is 0 Å². The van der Waals surface area contributed by atoms with Gasteiger partial charge in [0.2, 0.25) is 0 Å². The lowest BCUT2D eigenvalue weighted by atomic mass is 10.0. The Labute approximate surface area is 175 Å². The Morgan fingerprint density at radius 2 is 1.77 bits per heavy atom. The van der Waals surface area contributed by atoms with Crippen LogP contribution in [-0.4, -0.2) is 56.4 Å². The first-order valence-electron chi connectivity index (χ1n) is 10.2. The zero-order valence-electron chi connectivity index (χ0n) is 16.7. The van der Waals surface area contributed by atoms with Gasteiger partial charge in [0.05, 0.1) is 5.56 Å². The van der Waals surface area contributed by atoms with Crippen LogP contribution >= 0.6 is 0 Å². The standard InChI is InChI=1S/C24H23N5O/c30-24(20-8-9-23(26-16-20)29-11-10-25-18-29)28-14-12-27(13-15-28)17-21-6-3-5-19-4-1-2-7-22(19)21/h1-11,16,18H,12-15,17H2. The predicted molar refractivity (Wildman–Crippen MR) is 116 cm³/mol. The quantitative estimate of drug-likeness (QED) is 0.530. The summed E-state index contributed by atoms with van der Waals surface area (Å²) in [6, 6.07) is 18.7. The average molecular weight is 397 g/mol. The second kappa shape index (κ2) is 8.08. The first kappa shape index (κ1) is 18.5. The molecule has 0 radical (unpaired) electrons. The van der Waals surface area contributed by atoms with Crippen LogP contribution in [0, 0.1) is 0 Å². The van der Waals surface area contributed by atoms with Gasteiger partial charge in [-0.05, 0) is 28.5 Å². The molecule has 4 aromatic rings. The SMILES string of the molecule is O=C(c1ccc(-n2ccnc2)nc1)N1CCN(Cc2cccc3ccccc23)CC1. The highest BCUT2D eigenvalue weighted by atomic mass is 16.2. The number of carbonyl (C=O) groups excluding carboxylic acids is 1. The highest BCUT2D eigenvalue weighted by Crippen LogP contribution is 2.21. The summed E-state index contributed by atoms with van der Waals surface area (Å²) in [7, 11) is 0. The van der Waals surface area contributed by atoms with Crippen LogP contribution in [0.15, 0.2) is 79.5 Å². The summed E-state index contributed by atoms with van der Waals surface area (Å²) < 4.78 is 1.82. The molecule has 0 bridgehead atoms. The average Bonchev–Trinajstić information content (AvgIpc) is 3.35. The van der Waals surface area contributed by atoms with E-state index in [4.69, 9.17) is 0 Å². The van der Waals surface area contributed by atoms with E-state index in [1.54, 1.807) is 18.7 Å². The van der Waals surface area contributed by atoms with Crippen molar-refractivity contribution in [3.05, 3.63) is 90.6 Å². The van der Waals surface area contributed by atoms with Crippen molar-refractivity contribution in [2.75, 3.05) is 26.2 Å². The van der Waals surface area contributed by atoms with Gasteiger partial charge in [0.25, 0.3) is 5.91 Å². The third-order valence-electron chi connectivity index (χ3n) is 5.70. The lowest BCUT2D eigenvalue weighted by Gasteiger charge is -2.35. The number of amides is 1. The van der Waals surface area contributed by atoms with Gasteiger partial charge in [-0.15, -0.1) is 0 Å². The number of benzene rings is 2. The molecule has 30 heavy (non-hydrogen) atoms. The maximum Gasteiger partial charge on any atom is 0.255 e. The minimum absolute atomic E-state index is 0.0458. The van der Waals surface area contributed by atoms with Crippen molar-refractivity contribution < 1.29 is 4.79 Å². The molecule has 1 fully saturated rings. The van der Waals surface area contributed by atoms with Crippen molar-refractivity contribution in [1.29, 1.82) is 0 Å². The van der Waals surface area contributed by atoms with Gasteiger partial charge in [-0.25, -0.2) is 9.97 Å². The number of hydrogen-bond donors (Lipinski definition) is 0. The van der Waals surface area contributed by atoms with E-state index in [-0.39, 0.29) is 5.91 Å². The molecule has 3 heterocycles. The van der Waals surface area contributed by atoms with Crippen molar-refractivity contribution in [1.82, 2.24) is 24.3 Å². The zero-order chi connectivity index (χ0) is 20.3. The molecule has 0 N–H and O–H groups in total. The van der Waals surface area contributed by atoms with Crippen LogP contribution in [0.2, 0.25) is 0 Å². The highest BCUT2D eigenvalue weighted by Gasteiger charge is 2.22. The molecule has 0 aliphatic carbocycles. The third-order valence-corrected chi connectivity index (χ3v) is 5.70. The smallest absolute Gasteiger partial charge is 0.255 e. The van der Waals surface area contributed by atoms with E-state index in [2.05, 4.69) is 57.3 Å². The van der Waals surface area contributed by atoms with E-state index in [0.29, 0.717) is 5.56 Å². The van der Waals surface area contributed by atoms with E-state index in [1.807, 2.05) is 27.8 Å². The molecule has 1 saturated heterocycles. The molecule has 0 saturated carbocycles. The molecule has 0 spiro atoms. The van der Waals surface area contributed by atoms with Crippen LogP contribution in [0.3, 0.4) is 0 Å². The Balaban J connectivity index is 1.22. The summed E-state index contributed by atoms with van der Waals surface area (Å²) in [5, 5.41) is 2.58. The normalized spacial score (nSPS) is 14.9. The van der Waals surface area contributed by atoms with Gasteiger partial charge >= 0.3 is 0 Å². The molecule has 2 aromatic carbocycles. The summed E-state index contributed by atoms with van der Waals surface area (Å²) in [5.74, 6) is 0.799. The lowest BCUT2D eigenvalue weighted by molar-refractivity contribution is 0.0628. The summed E-state index contributed by atoms with van der Waals surface area (Å²) in [6.07, 6.45) is 6.89. The lowest BCUT2D eigenvalue weighted by Crippen LogP contribution is -2.48. The maximum absolute atomic E-state index is 12.9. The molecule has 5 rings (SSSR count). The fourth-order valence-corrected chi connectivity index (χ4v) is 4.02. The minimum Gasteiger partial charge on any atom is -0.336 e. The van der Waals surface area contributed by atoms with Crippen LogP contribution in [0.5, 0.6) is 0 Å². The number of fused-ring (bicyclic) bond motifs is 1. The Morgan fingerprint density at radius 3 is 2.53 bits per heavy atom. The van der Waals surface area contributed by atoms with Crippen molar-refractivity contribution in [2.45, 2.75) is 6.54 Å². The molecule has 6 nitrogen and oxygen atoms in total. The number of hydrogen-bond acceptors (Lipinski definition) is 4. The van der Waals surface area contributed by atoms with Gasteiger partial charge in [-0.3, -0.25) is 14.3 Å². The van der Waals surface area contributed by atoms with E-state index >= 15 is 0 Å². The van der Waals surface area contributed by atoms with Crippen LogP contribution in [0.1, 0.15) is 15.9 Å². The molecule has 150 valence electrons. The van der Waals surface area contributed by atoms with Gasteiger partial charge in [0, 0.05) is 51.3 Å². The number of aromatic nitrogens is 3. The molecule has 1 aliphatic heterocycles. The van der Waals surface area contributed by atoms with Crippen molar-refractivity contribution in [2.24, 2.45) is 0 Å². The van der Waals surface area contributed by atoms with Crippen LogP contribution in [0.25, 0.3) is 16.6 Å². The molecule has 0 atom stereocenters. The van der Waals surface area contributed by atoms with Crippen molar-refractivity contribution in [3.63, 3.8) is 0 Å². The summed E-state index contributed by atoms with van der Waals surface area (Å²) >= 11 is 0. The molecular formula is C24H23N5O. The first-order chi connectivity index (χ1) is 14.8. The fraction of sp³-hybridized carbons (Fsp3) is 0.208. The van der Waals surface area contributed by atoms with Crippen molar-refractivity contribution in [3.8, 4) is 5.82 Å². The summed E-state index contributed by atoms with van der Waals surface area (Å²) in [5.41, 5.74) is 1.97. The second-order valence-corrected chi connectivity index (χ2v) is 7.58. The maximum atomic E-state index is 12.9. The number of carbonyl (C=O) groups is 1. The van der Waals surface area contributed by atoms with Gasteiger partial charge < -0.3 is 4.90 Å². The van der Waals surface area contributed by atoms with Gasteiger partial charge in [-0.1, -0.05) is 42.5 Å². The van der Waals surface area contributed by atoms with Crippen LogP contribution < -0.4 is 0 Å². The summed E-state index contributed by atoms with van der Waals surface area (Å²) in [4.78, 5) is 25.7. The second-order valence-electron chi connectivity index (χ2n) is 7.58. The Morgan fingerprint density at radius 1 is 0.933 bits per heavy atom. The minimum atomic E-state index is 0.0458. The zero-order valence-corrected chi connectivity index (χ0v) is 16.7. The van der Waals surface area contributed by atoms with Crippen molar-refractivity contribution >= 4 is 16.7 Å². The van der Waals surface area contributed by atoms with Gasteiger partial charge in [0.1, 0.15) is 12.1 Å². The molecular weight excluding hydrogens is 374 g/mol. The molecule has 1 amide bonds. The number of pyridine rings is 1. The van der Waals surface area contributed by atoms with E-state index in [9.17, 15) is 4.79 Å². The molecule has 2 aromatic heterocycles. The number of imidazole rings is 1. The summed E-state index contributed by atoms with van der Waals surface area (Å²) in [6.45, 7) is 4.11. The fourth-order valence-electron chi connectivity index (χ4n) is 4.02. The largest absolute Gasteiger partial charge is 0.336 e. The van der Waals surface area contributed by atoms with E-state index in [0.717, 1.165) is 38.5 Å². The number of piperazine rings is 1. The third kappa shape index (κ3) is 3.69. The van der Waals surface area contributed by atoms with E-state index in [1.165, 1.54) is 16.3 Å². The topological polar surface area (TPSA) is 54.3 Å². The van der Waals surface area contributed by atoms with Crippen LogP contribution in [-0.2, 0) is 6.54 Å². The van der Waals surface area contributed by atoms with Gasteiger partial charge in [-0.2, -0.15) is 0 Å². The monoisotopic (exact) mass is 397 g/mol. The van der Waals surface area contributed by atoms with Gasteiger partial charge in [0.15, 0.2) is 0 Å². The highest BCUT2D eigenvalue weighted by molar-refractivity contribution is 5.94. The Bertz CT molecular complexity index is 1140. The molecule has 0 unspecified atom stereocenters. The molecule has 1 aliphatic rings. The van der Waals surface area contributed by atoms with E-state index < -0.39 is 0 Å².